The van der Waals surface area contributed by atoms with Crippen molar-refractivity contribution < 1.29 is 13.6 Å². The van der Waals surface area contributed by atoms with Crippen molar-refractivity contribution >= 4 is 50.7 Å². The molecule has 0 aliphatic heterocycles. The molecule has 0 fully saturated rings. The van der Waals surface area contributed by atoms with E-state index in [1.807, 2.05) is 0 Å². The highest BCUT2D eigenvalue weighted by atomic mass is 79.9. The van der Waals surface area contributed by atoms with Crippen LogP contribution in [-0.2, 0) is 11.8 Å². The van der Waals surface area contributed by atoms with Gasteiger partial charge in [0.25, 0.3) is 0 Å². The summed E-state index contributed by atoms with van der Waals surface area (Å²) in [6.07, 6.45) is 7.90. The molecule has 0 saturated carbocycles. The molecule has 2 aromatic carbocycles. The van der Waals surface area contributed by atoms with Crippen LogP contribution < -0.4 is 21.3 Å². The number of amides is 1. The first-order valence-corrected chi connectivity index (χ1v) is 11.9. The summed E-state index contributed by atoms with van der Waals surface area (Å²) in [6.45, 7) is 0.534. The number of aryl methyl sites for hydroxylation is 1. The second-order valence-electron chi connectivity index (χ2n) is 7.88. The van der Waals surface area contributed by atoms with Crippen molar-refractivity contribution in [1.82, 2.24) is 25.1 Å². The monoisotopic (exact) mass is 568 g/mol. The third kappa shape index (κ3) is 6.74. The van der Waals surface area contributed by atoms with Crippen LogP contribution in [0.4, 0.5) is 37.6 Å². The summed E-state index contributed by atoms with van der Waals surface area (Å²) in [4.78, 5) is 21.0. The van der Waals surface area contributed by atoms with E-state index in [4.69, 9.17) is 0 Å². The number of nitrogens with zero attached hydrogens (tertiary/aromatic N) is 4. The van der Waals surface area contributed by atoms with Gasteiger partial charge in [-0.3, -0.25) is 9.48 Å². The molecule has 4 rings (SSSR count). The van der Waals surface area contributed by atoms with Crippen molar-refractivity contribution in [3.8, 4) is 11.1 Å². The fourth-order valence-corrected chi connectivity index (χ4v) is 3.57. The van der Waals surface area contributed by atoms with Crippen molar-refractivity contribution in [2.24, 2.45) is 7.05 Å². The molecule has 0 saturated heterocycles. The highest BCUT2D eigenvalue weighted by Gasteiger charge is 2.15. The molecule has 0 aliphatic rings. The lowest BCUT2D eigenvalue weighted by atomic mass is 10.1. The van der Waals surface area contributed by atoms with Crippen LogP contribution >= 0.6 is 15.9 Å². The maximum atomic E-state index is 14.8. The summed E-state index contributed by atoms with van der Waals surface area (Å²) in [5.41, 5.74) is 2.00. The second kappa shape index (κ2) is 11.7. The summed E-state index contributed by atoms with van der Waals surface area (Å²) >= 11 is 3.15. The summed E-state index contributed by atoms with van der Waals surface area (Å²) in [7, 11) is 3.54. The van der Waals surface area contributed by atoms with Crippen molar-refractivity contribution in [1.29, 1.82) is 0 Å². The lowest BCUT2D eigenvalue weighted by molar-refractivity contribution is -0.111. The number of halogens is 3. The molecule has 9 nitrogen and oxygen atoms in total. The van der Waals surface area contributed by atoms with Crippen LogP contribution in [-0.4, -0.2) is 39.2 Å². The molecule has 4 aromatic rings. The number of benzene rings is 2. The first-order valence-electron chi connectivity index (χ1n) is 11.1. The number of carbonyl (C=O) groups excluding carboxylic acids is 1. The molecule has 0 bridgehead atoms. The molecule has 37 heavy (non-hydrogen) atoms. The average Bonchev–Trinajstić information content (AvgIpc) is 3.28. The van der Waals surface area contributed by atoms with Crippen LogP contribution in [0.3, 0.4) is 0 Å². The Labute approximate surface area is 220 Å². The van der Waals surface area contributed by atoms with Crippen LogP contribution in [0.5, 0.6) is 0 Å². The number of nitrogens with one attached hydrogen (secondary N) is 4. The minimum atomic E-state index is -0.572. The molecule has 0 radical (unpaired) electrons. The quantitative estimate of drug-likeness (QED) is 0.207. The largest absolute Gasteiger partial charge is 0.337 e. The molecule has 2 aromatic heterocycles. The van der Waals surface area contributed by atoms with Crippen molar-refractivity contribution in [3.63, 3.8) is 0 Å². The van der Waals surface area contributed by atoms with Gasteiger partial charge in [-0.1, -0.05) is 12.1 Å². The normalized spacial score (nSPS) is 11.1. The van der Waals surface area contributed by atoms with Gasteiger partial charge in [0.1, 0.15) is 17.5 Å². The molecule has 1 amide bonds. The smallest absolute Gasteiger partial charge is 0.248 e. The molecular weight excluding hydrogens is 546 g/mol. The van der Waals surface area contributed by atoms with Gasteiger partial charge in [0, 0.05) is 43.3 Å². The Bertz CT molecular complexity index is 1460. The molecule has 0 atom stereocenters. The van der Waals surface area contributed by atoms with E-state index in [0.29, 0.717) is 33.5 Å². The number of hydrogen-bond acceptors (Lipinski definition) is 7. The van der Waals surface area contributed by atoms with Gasteiger partial charge < -0.3 is 21.3 Å². The van der Waals surface area contributed by atoms with Crippen molar-refractivity contribution in [2.75, 3.05) is 29.5 Å². The summed E-state index contributed by atoms with van der Waals surface area (Å²) in [5, 5.41) is 15.7. The van der Waals surface area contributed by atoms with E-state index >= 15 is 0 Å². The number of likely N-dealkylation sites (N-methyl/N-ethyl adjacent to an activating group) is 1. The second-order valence-corrected chi connectivity index (χ2v) is 8.74. The third-order valence-corrected chi connectivity index (χ3v) is 5.70. The minimum Gasteiger partial charge on any atom is -0.337 e. The Morgan fingerprint density at radius 2 is 1.92 bits per heavy atom. The first kappa shape index (κ1) is 25.9. The van der Waals surface area contributed by atoms with Crippen LogP contribution in [0.15, 0.2) is 71.6 Å². The van der Waals surface area contributed by atoms with E-state index in [1.165, 1.54) is 36.5 Å². The molecule has 0 aliphatic carbocycles. The molecule has 0 unspecified atom stereocenters. The van der Waals surface area contributed by atoms with Crippen molar-refractivity contribution in [2.45, 2.75) is 0 Å². The predicted molar refractivity (Wildman–Crippen MR) is 143 cm³/mol. The van der Waals surface area contributed by atoms with Gasteiger partial charge in [0.15, 0.2) is 0 Å². The number of rotatable bonds is 9. The van der Waals surface area contributed by atoms with E-state index in [2.05, 4.69) is 52.3 Å². The van der Waals surface area contributed by atoms with Crippen LogP contribution in [0.25, 0.3) is 11.1 Å². The minimum absolute atomic E-state index is 0.0573. The molecule has 2 heterocycles. The molecular formula is C25H23BrF2N8O. The summed E-state index contributed by atoms with van der Waals surface area (Å²) < 4.78 is 31.0. The predicted octanol–water partition coefficient (Wildman–Crippen LogP) is 5.12. The van der Waals surface area contributed by atoms with Gasteiger partial charge in [0.05, 0.1) is 22.0 Å². The Balaban J connectivity index is 1.68. The van der Waals surface area contributed by atoms with Gasteiger partial charge in [-0.25, -0.2) is 13.8 Å². The SMILES string of the molecule is CNC/C=C/C(=O)Nc1ccc(F)c(Nc2nc(Nc3cnn(C)c3)ncc2-c2ccc(Br)c(F)c2)c1. The van der Waals surface area contributed by atoms with Gasteiger partial charge in [0.2, 0.25) is 11.9 Å². The fraction of sp³-hybridized carbons (Fsp3) is 0.120. The standard InChI is InChI=1S/C25H23BrF2N8O/c1-29-9-3-4-23(37)32-16-6-8-20(27)22(11-16)34-24-18(15-5-7-19(26)21(28)10-15)13-30-25(35-24)33-17-12-31-36(2)14-17/h3-8,10-14,29H,9H2,1-2H3,(H,32,37)(H2,30,33,34,35)/b4-3+. The zero-order chi connectivity index (χ0) is 26.4. The maximum absolute atomic E-state index is 14.8. The number of aromatic nitrogens is 4. The Morgan fingerprint density at radius 1 is 1.08 bits per heavy atom. The topological polar surface area (TPSA) is 109 Å². The van der Waals surface area contributed by atoms with E-state index in [1.54, 1.807) is 49.4 Å². The molecule has 190 valence electrons. The zero-order valence-corrected chi connectivity index (χ0v) is 21.5. The Kier molecular flexibility index (Phi) is 8.21. The molecule has 4 N–H and O–H groups in total. The van der Waals surface area contributed by atoms with E-state index in [-0.39, 0.29) is 23.4 Å². The molecule has 12 heteroatoms. The number of hydrogen-bond donors (Lipinski definition) is 4. The van der Waals surface area contributed by atoms with Crippen molar-refractivity contribution in [3.05, 3.63) is 83.2 Å². The van der Waals surface area contributed by atoms with Crippen LogP contribution in [0.2, 0.25) is 0 Å². The highest BCUT2D eigenvalue weighted by Crippen LogP contribution is 2.33. The summed E-state index contributed by atoms with van der Waals surface area (Å²) in [5.74, 6) is -0.958. The van der Waals surface area contributed by atoms with Crippen LogP contribution in [0, 0.1) is 11.6 Å². The lowest BCUT2D eigenvalue weighted by Gasteiger charge is -2.15. The number of anilines is 5. The lowest BCUT2D eigenvalue weighted by Crippen LogP contribution is -2.11. The van der Waals surface area contributed by atoms with E-state index in [9.17, 15) is 13.6 Å². The first-order chi connectivity index (χ1) is 17.8. The average molecular weight is 569 g/mol. The Hall–Kier alpha value is -4.16. The molecule has 0 spiro atoms. The fourth-order valence-electron chi connectivity index (χ4n) is 3.32. The van der Waals surface area contributed by atoms with Gasteiger partial charge in [-0.15, -0.1) is 0 Å². The maximum Gasteiger partial charge on any atom is 0.248 e. The Morgan fingerprint density at radius 3 is 2.65 bits per heavy atom. The summed E-state index contributed by atoms with van der Waals surface area (Å²) in [6, 6.07) is 8.70. The van der Waals surface area contributed by atoms with Crippen LogP contribution in [0.1, 0.15) is 0 Å². The van der Waals surface area contributed by atoms with E-state index in [0.717, 1.165) is 0 Å². The third-order valence-electron chi connectivity index (χ3n) is 5.06. The highest BCUT2D eigenvalue weighted by molar-refractivity contribution is 9.10. The van der Waals surface area contributed by atoms with E-state index < -0.39 is 11.6 Å². The number of carbonyl (C=O) groups is 1. The van der Waals surface area contributed by atoms with Gasteiger partial charge >= 0.3 is 0 Å². The zero-order valence-electron chi connectivity index (χ0n) is 19.9. The van der Waals surface area contributed by atoms with Gasteiger partial charge in [-0.2, -0.15) is 10.1 Å². The van der Waals surface area contributed by atoms with Gasteiger partial charge in [-0.05, 0) is 58.9 Å².